The summed E-state index contributed by atoms with van der Waals surface area (Å²) in [5.41, 5.74) is 3.31. The van der Waals surface area contributed by atoms with Crippen molar-refractivity contribution in [2.75, 3.05) is 0 Å². The lowest BCUT2D eigenvalue weighted by Crippen LogP contribution is -1.92. The maximum atomic E-state index is 2.32. The van der Waals surface area contributed by atoms with E-state index in [1.165, 1.54) is 69.5 Å². The summed E-state index contributed by atoms with van der Waals surface area (Å²) in [6, 6.07) is 11.0. The molecule has 1 rings (SSSR count). The zero-order chi connectivity index (χ0) is 16.0. The van der Waals surface area contributed by atoms with E-state index in [1.807, 2.05) is 10.9 Å². The summed E-state index contributed by atoms with van der Waals surface area (Å²) in [5.74, 6) is 0. The summed E-state index contributed by atoms with van der Waals surface area (Å²) in [5, 5.41) is 1.81. The van der Waals surface area contributed by atoms with Gasteiger partial charge in [-0.2, -0.15) is 0 Å². The average molecular weight is 318 g/mol. The number of unbranched alkanes of at least 4 members (excludes halogenated alkanes) is 3. The molecule has 0 aliphatic carbocycles. The topological polar surface area (TPSA) is 0 Å². The van der Waals surface area contributed by atoms with Gasteiger partial charge in [-0.1, -0.05) is 84.5 Å². The third-order valence-corrected chi connectivity index (χ3v) is 5.84. The van der Waals surface area contributed by atoms with Crippen LogP contribution < -0.4 is 0 Å². The van der Waals surface area contributed by atoms with Crippen molar-refractivity contribution in [3.63, 3.8) is 0 Å². The highest BCUT2D eigenvalue weighted by atomic mass is 31.1. The first kappa shape index (κ1) is 19.4. The summed E-state index contributed by atoms with van der Waals surface area (Å²) in [4.78, 5) is 0. The maximum absolute atomic E-state index is 2.32. The van der Waals surface area contributed by atoms with Gasteiger partial charge in [-0.3, -0.25) is 0 Å². The first-order chi connectivity index (χ1) is 10.8. The van der Waals surface area contributed by atoms with Gasteiger partial charge in [0.2, 0.25) is 0 Å². The summed E-state index contributed by atoms with van der Waals surface area (Å²) < 4.78 is 0. The minimum absolute atomic E-state index is 0.993. The fourth-order valence-electron chi connectivity index (χ4n) is 2.76. The molecule has 0 fully saturated rings. The van der Waals surface area contributed by atoms with E-state index in [4.69, 9.17) is 0 Å². The van der Waals surface area contributed by atoms with Crippen LogP contribution in [0.3, 0.4) is 0 Å². The highest BCUT2D eigenvalue weighted by Crippen LogP contribution is 2.37. The Labute approximate surface area is 140 Å². The van der Waals surface area contributed by atoms with E-state index in [9.17, 15) is 0 Å². The van der Waals surface area contributed by atoms with Crippen molar-refractivity contribution in [2.24, 2.45) is 0 Å². The van der Waals surface area contributed by atoms with Crippen LogP contribution >= 0.6 is 8.58 Å². The molecule has 1 heteroatoms. The molecule has 0 aliphatic heterocycles. The molecule has 0 aliphatic rings. The van der Waals surface area contributed by atoms with Gasteiger partial charge in [0.05, 0.1) is 0 Å². The van der Waals surface area contributed by atoms with Crippen LogP contribution in [0, 0.1) is 0 Å². The Kier molecular flexibility index (Phi) is 11.4. The molecule has 0 radical (unpaired) electrons. The van der Waals surface area contributed by atoms with Gasteiger partial charge in [-0.15, -0.1) is 0 Å². The SMILES string of the molecule is CCCCC(CCCC)=C(CCCC)PCc1ccccc1. The zero-order valence-corrected chi connectivity index (χ0v) is 16.0. The van der Waals surface area contributed by atoms with Crippen molar-refractivity contribution in [3.8, 4) is 0 Å². The monoisotopic (exact) mass is 318 g/mol. The van der Waals surface area contributed by atoms with Crippen LogP contribution in [-0.4, -0.2) is 0 Å². The first-order valence-corrected chi connectivity index (χ1v) is 10.5. The number of rotatable bonds is 12. The molecule has 1 aromatic rings. The molecule has 0 bridgehead atoms. The van der Waals surface area contributed by atoms with Gasteiger partial charge < -0.3 is 0 Å². The number of benzene rings is 1. The fraction of sp³-hybridized carbons (Fsp3) is 0.619. The molecule has 0 amide bonds. The lowest BCUT2D eigenvalue weighted by molar-refractivity contribution is 0.698. The average Bonchev–Trinajstić information content (AvgIpc) is 2.57. The van der Waals surface area contributed by atoms with Gasteiger partial charge in [-0.05, 0) is 55.6 Å². The van der Waals surface area contributed by atoms with E-state index in [-0.39, 0.29) is 0 Å². The number of hydrogen-bond acceptors (Lipinski definition) is 0. The van der Waals surface area contributed by atoms with E-state index in [2.05, 4.69) is 51.1 Å². The van der Waals surface area contributed by atoms with Crippen molar-refractivity contribution < 1.29 is 0 Å². The summed E-state index contributed by atoms with van der Waals surface area (Å²) in [7, 11) is 0.993. The van der Waals surface area contributed by atoms with Crippen LogP contribution in [0.5, 0.6) is 0 Å². The van der Waals surface area contributed by atoms with E-state index < -0.39 is 0 Å². The molecule has 0 nitrogen and oxygen atoms in total. The molecular weight excluding hydrogens is 283 g/mol. The van der Waals surface area contributed by atoms with Crippen molar-refractivity contribution >= 4 is 8.58 Å². The normalized spacial score (nSPS) is 11.2. The van der Waals surface area contributed by atoms with Crippen molar-refractivity contribution in [1.29, 1.82) is 0 Å². The molecule has 0 saturated carbocycles. The largest absolute Gasteiger partial charge is 0.0904 e. The van der Waals surface area contributed by atoms with E-state index in [1.54, 1.807) is 0 Å². The van der Waals surface area contributed by atoms with E-state index >= 15 is 0 Å². The lowest BCUT2D eigenvalue weighted by Gasteiger charge is -2.16. The summed E-state index contributed by atoms with van der Waals surface area (Å²) in [6.07, 6.45) is 13.3. The summed E-state index contributed by atoms with van der Waals surface area (Å²) in [6.45, 7) is 6.94. The van der Waals surface area contributed by atoms with Gasteiger partial charge in [0.25, 0.3) is 0 Å². The van der Waals surface area contributed by atoms with Crippen LogP contribution in [0.1, 0.15) is 84.1 Å². The fourth-order valence-corrected chi connectivity index (χ4v) is 4.26. The molecule has 0 N–H and O–H groups in total. The van der Waals surface area contributed by atoms with Crippen molar-refractivity contribution in [1.82, 2.24) is 0 Å². The third kappa shape index (κ3) is 8.14. The van der Waals surface area contributed by atoms with E-state index in [0.29, 0.717) is 0 Å². The molecule has 0 saturated heterocycles. The van der Waals surface area contributed by atoms with Gasteiger partial charge in [0, 0.05) is 0 Å². The Bertz CT molecular complexity index is 395. The summed E-state index contributed by atoms with van der Waals surface area (Å²) >= 11 is 0. The second-order valence-corrected chi connectivity index (χ2v) is 7.54. The Morgan fingerprint density at radius 1 is 0.773 bits per heavy atom. The molecular formula is C21H35P. The molecule has 1 atom stereocenters. The molecule has 1 aromatic carbocycles. The first-order valence-electron chi connectivity index (χ1n) is 9.30. The highest BCUT2D eigenvalue weighted by molar-refractivity contribution is 7.42. The maximum Gasteiger partial charge on any atom is -0.00633 e. The lowest BCUT2D eigenvalue weighted by atomic mass is 10.0. The standard InChI is InChI=1S/C21H35P/c1-4-7-15-20(16-8-5-2)21(17-9-6-3)22-18-19-13-11-10-12-14-19/h10-14,22H,4-9,15-18H2,1-3H3. The van der Waals surface area contributed by atoms with Crippen LogP contribution in [0.15, 0.2) is 41.2 Å². The second-order valence-electron chi connectivity index (χ2n) is 6.23. The van der Waals surface area contributed by atoms with Crippen LogP contribution in [-0.2, 0) is 6.16 Å². The smallest absolute Gasteiger partial charge is 0.00633 e. The van der Waals surface area contributed by atoms with Crippen LogP contribution in [0.2, 0.25) is 0 Å². The number of hydrogen-bond donors (Lipinski definition) is 0. The quantitative estimate of drug-likeness (QED) is 0.346. The van der Waals surface area contributed by atoms with Gasteiger partial charge >= 0.3 is 0 Å². The Morgan fingerprint density at radius 2 is 1.32 bits per heavy atom. The predicted molar refractivity (Wildman–Crippen MR) is 104 cm³/mol. The predicted octanol–water partition coefficient (Wildman–Crippen LogP) is 7.69. The molecule has 0 aromatic heterocycles. The molecule has 22 heavy (non-hydrogen) atoms. The second kappa shape index (κ2) is 12.9. The van der Waals surface area contributed by atoms with Crippen molar-refractivity contribution in [2.45, 2.75) is 84.7 Å². The van der Waals surface area contributed by atoms with E-state index in [0.717, 1.165) is 8.58 Å². The Morgan fingerprint density at radius 3 is 1.86 bits per heavy atom. The van der Waals surface area contributed by atoms with Gasteiger partial charge in [0.15, 0.2) is 0 Å². The minimum atomic E-state index is 0.993. The van der Waals surface area contributed by atoms with Gasteiger partial charge in [-0.25, -0.2) is 0 Å². The molecule has 1 unspecified atom stereocenters. The van der Waals surface area contributed by atoms with Gasteiger partial charge in [0.1, 0.15) is 0 Å². The minimum Gasteiger partial charge on any atom is -0.0904 e. The highest BCUT2D eigenvalue weighted by Gasteiger charge is 2.07. The van der Waals surface area contributed by atoms with Crippen molar-refractivity contribution in [3.05, 3.63) is 46.8 Å². The Hall–Kier alpha value is -0.610. The molecule has 0 spiro atoms. The molecule has 0 heterocycles. The van der Waals surface area contributed by atoms with Crippen LogP contribution in [0.25, 0.3) is 0 Å². The molecule has 124 valence electrons. The van der Waals surface area contributed by atoms with Crippen LogP contribution in [0.4, 0.5) is 0 Å². The zero-order valence-electron chi connectivity index (χ0n) is 15.0. The number of allylic oxidation sites excluding steroid dienone is 2. The Balaban J connectivity index is 2.76. The third-order valence-electron chi connectivity index (χ3n) is 4.22.